The van der Waals surface area contributed by atoms with Gasteiger partial charge in [-0.2, -0.15) is 0 Å². The van der Waals surface area contributed by atoms with Crippen molar-refractivity contribution in [1.82, 2.24) is 4.90 Å². The van der Waals surface area contributed by atoms with Crippen LogP contribution in [0.3, 0.4) is 0 Å². The molecule has 1 saturated carbocycles. The molecule has 4 atom stereocenters. The van der Waals surface area contributed by atoms with Gasteiger partial charge < -0.3 is 10.0 Å². The maximum Gasteiger partial charge on any atom is 0.308 e. The fourth-order valence-corrected chi connectivity index (χ4v) is 4.26. The summed E-state index contributed by atoms with van der Waals surface area (Å²) in [5, 5.41) is 9.45. The molecular weight excluding hydrogens is 254 g/mol. The minimum atomic E-state index is -0.766. The van der Waals surface area contributed by atoms with Gasteiger partial charge in [-0.15, -0.1) is 0 Å². The average molecular weight is 281 g/mol. The molecule has 1 aliphatic carbocycles. The Morgan fingerprint density at radius 3 is 2.55 bits per heavy atom. The van der Waals surface area contributed by atoms with E-state index in [2.05, 4.69) is 13.8 Å². The third-order valence-corrected chi connectivity index (χ3v) is 5.21. The summed E-state index contributed by atoms with van der Waals surface area (Å²) in [6.07, 6.45) is 4.70. The first-order chi connectivity index (χ1) is 9.23. The first-order valence-corrected chi connectivity index (χ1v) is 7.77. The number of amides is 1. The third-order valence-electron chi connectivity index (χ3n) is 5.21. The van der Waals surface area contributed by atoms with Crippen LogP contribution in [0.25, 0.3) is 0 Å². The monoisotopic (exact) mass is 281 g/mol. The molecule has 4 unspecified atom stereocenters. The molecule has 4 nitrogen and oxygen atoms in total. The summed E-state index contributed by atoms with van der Waals surface area (Å²) in [5.74, 6) is -1.12. The number of rotatable bonds is 2. The number of likely N-dealkylation sites (tertiary alicyclic amines) is 1. The van der Waals surface area contributed by atoms with Gasteiger partial charge in [0.25, 0.3) is 0 Å². The van der Waals surface area contributed by atoms with E-state index >= 15 is 0 Å². The predicted octanol–water partition coefficient (Wildman–Crippen LogP) is 2.91. The van der Waals surface area contributed by atoms with Gasteiger partial charge in [0, 0.05) is 18.5 Å². The van der Waals surface area contributed by atoms with Crippen LogP contribution < -0.4 is 0 Å². The van der Waals surface area contributed by atoms with E-state index in [-0.39, 0.29) is 29.3 Å². The van der Waals surface area contributed by atoms with Crippen LogP contribution in [0.1, 0.15) is 59.8 Å². The van der Waals surface area contributed by atoms with Gasteiger partial charge in [0.05, 0.1) is 5.92 Å². The number of carbonyl (C=O) groups excluding carboxylic acids is 1. The number of carbonyl (C=O) groups is 2. The first-order valence-electron chi connectivity index (χ1n) is 7.77. The second-order valence-corrected chi connectivity index (χ2v) is 7.50. The van der Waals surface area contributed by atoms with Gasteiger partial charge in [-0.05, 0) is 37.5 Å². The van der Waals surface area contributed by atoms with Crippen LogP contribution in [0, 0.1) is 17.3 Å². The van der Waals surface area contributed by atoms with E-state index in [1.54, 1.807) is 0 Å². The highest BCUT2D eigenvalue weighted by molar-refractivity contribution is 5.82. The summed E-state index contributed by atoms with van der Waals surface area (Å²) in [4.78, 5) is 25.8. The minimum absolute atomic E-state index is 0.0668. The molecule has 0 aromatic carbocycles. The van der Waals surface area contributed by atoms with Crippen molar-refractivity contribution in [2.75, 3.05) is 0 Å². The normalized spacial score (nSPS) is 37.8. The summed E-state index contributed by atoms with van der Waals surface area (Å²) in [6, 6.07) is 0.0262. The van der Waals surface area contributed by atoms with Crippen LogP contribution in [-0.4, -0.2) is 34.0 Å². The second kappa shape index (κ2) is 5.38. The summed E-state index contributed by atoms with van der Waals surface area (Å²) >= 11 is 0. The quantitative estimate of drug-likeness (QED) is 0.846. The van der Waals surface area contributed by atoms with E-state index in [0.29, 0.717) is 6.42 Å². The number of aliphatic carboxylic acids is 1. The Balaban J connectivity index is 2.21. The Bertz CT molecular complexity index is 405. The van der Waals surface area contributed by atoms with Gasteiger partial charge in [-0.1, -0.05) is 27.2 Å². The Labute approximate surface area is 121 Å². The van der Waals surface area contributed by atoms with Crippen molar-refractivity contribution in [3.05, 3.63) is 0 Å². The minimum Gasteiger partial charge on any atom is -0.481 e. The summed E-state index contributed by atoms with van der Waals surface area (Å²) in [7, 11) is 0. The Morgan fingerprint density at radius 2 is 2.00 bits per heavy atom. The third kappa shape index (κ3) is 2.84. The number of hydrogen-bond donors (Lipinski definition) is 1. The number of carboxylic acids is 1. The predicted molar refractivity (Wildman–Crippen MR) is 77.3 cm³/mol. The van der Waals surface area contributed by atoms with Crippen molar-refractivity contribution in [2.45, 2.75) is 71.9 Å². The SMILES string of the molecule is CC1CC(=O)N(C2CCCC(C)(C)C2)C(C)C1C(=O)O. The fraction of sp³-hybridized carbons (Fsp3) is 0.875. The van der Waals surface area contributed by atoms with Crippen molar-refractivity contribution in [1.29, 1.82) is 0 Å². The van der Waals surface area contributed by atoms with Gasteiger partial charge in [0.1, 0.15) is 0 Å². The molecule has 0 aromatic rings. The maximum atomic E-state index is 12.4. The number of nitrogens with zero attached hydrogens (tertiary/aromatic N) is 1. The van der Waals surface area contributed by atoms with Crippen LogP contribution in [0.15, 0.2) is 0 Å². The molecule has 2 rings (SSSR count). The van der Waals surface area contributed by atoms with Crippen LogP contribution in [0.5, 0.6) is 0 Å². The zero-order valence-corrected chi connectivity index (χ0v) is 13.1. The molecular formula is C16H27NO3. The molecule has 1 aliphatic heterocycles. The van der Waals surface area contributed by atoms with Gasteiger partial charge in [0.15, 0.2) is 0 Å². The topological polar surface area (TPSA) is 57.6 Å². The van der Waals surface area contributed by atoms with Crippen molar-refractivity contribution in [2.24, 2.45) is 17.3 Å². The lowest BCUT2D eigenvalue weighted by Gasteiger charge is -2.48. The molecule has 2 fully saturated rings. The average Bonchev–Trinajstić information content (AvgIpc) is 2.25. The van der Waals surface area contributed by atoms with Crippen molar-refractivity contribution >= 4 is 11.9 Å². The molecule has 20 heavy (non-hydrogen) atoms. The van der Waals surface area contributed by atoms with E-state index in [0.717, 1.165) is 19.3 Å². The molecule has 1 heterocycles. The molecule has 1 N–H and O–H groups in total. The number of piperidine rings is 1. The van der Waals surface area contributed by atoms with Crippen molar-refractivity contribution < 1.29 is 14.7 Å². The Hall–Kier alpha value is -1.06. The number of hydrogen-bond acceptors (Lipinski definition) is 2. The smallest absolute Gasteiger partial charge is 0.308 e. The highest BCUT2D eigenvalue weighted by Gasteiger charge is 2.45. The molecule has 2 aliphatic rings. The van der Waals surface area contributed by atoms with E-state index in [1.807, 2.05) is 18.7 Å². The van der Waals surface area contributed by atoms with Crippen LogP contribution in [0.2, 0.25) is 0 Å². The number of carboxylic acid groups (broad SMARTS) is 1. The molecule has 0 radical (unpaired) electrons. The van der Waals surface area contributed by atoms with Crippen LogP contribution >= 0.6 is 0 Å². The Kier molecular flexibility index (Phi) is 4.12. The van der Waals surface area contributed by atoms with E-state index in [9.17, 15) is 14.7 Å². The van der Waals surface area contributed by atoms with Crippen molar-refractivity contribution in [3.8, 4) is 0 Å². The maximum absolute atomic E-state index is 12.4. The zero-order valence-electron chi connectivity index (χ0n) is 13.1. The molecule has 0 spiro atoms. The highest BCUT2D eigenvalue weighted by atomic mass is 16.4. The lowest BCUT2D eigenvalue weighted by molar-refractivity contribution is -0.158. The van der Waals surface area contributed by atoms with Crippen LogP contribution in [0.4, 0.5) is 0 Å². The lowest BCUT2D eigenvalue weighted by atomic mass is 9.72. The molecule has 1 saturated heterocycles. The highest BCUT2D eigenvalue weighted by Crippen LogP contribution is 2.41. The summed E-state index contributed by atoms with van der Waals surface area (Å²) in [5.41, 5.74) is 0.255. The molecule has 4 heteroatoms. The van der Waals surface area contributed by atoms with Gasteiger partial charge >= 0.3 is 5.97 Å². The van der Waals surface area contributed by atoms with Gasteiger partial charge in [0.2, 0.25) is 5.91 Å². The van der Waals surface area contributed by atoms with Crippen LogP contribution in [-0.2, 0) is 9.59 Å². The molecule has 0 aromatic heterocycles. The summed E-state index contributed by atoms with van der Waals surface area (Å²) < 4.78 is 0. The second-order valence-electron chi connectivity index (χ2n) is 7.50. The summed E-state index contributed by atoms with van der Waals surface area (Å²) in [6.45, 7) is 8.29. The molecule has 114 valence electrons. The van der Waals surface area contributed by atoms with E-state index in [4.69, 9.17) is 0 Å². The fourth-order valence-electron chi connectivity index (χ4n) is 4.26. The standard InChI is InChI=1S/C16H27NO3/c1-10-8-13(18)17(11(2)14(10)15(19)20)12-6-5-7-16(3,4)9-12/h10-12,14H,5-9H2,1-4H3,(H,19,20). The molecule has 1 amide bonds. The zero-order chi connectivity index (χ0) is 15.1. The molecule has 0 bridgehead atoms. The van der Waals surface area contributed by atoms with E-state index < -0.39 is 11.9 Å². The lowest BCUT2D eigenvalue weighted by Crippen LogP contribution is -2.57. The van der Waals surface area contributed by atoms with Crippen molar-refractivity contribution in [3.63, 3.8) is 0 Å². The largest absolute Gasteiger partial charge is 0.481 e. The first kappa shape index (κ1) is 15.3. The van der Waals surface area contributed by atoms with Gasteiger partial charge in [-0.3, -0.25) is 9.59 Å². The Morgan fingerprint density at radius 1 is 1.35 bits per heavy atom. The van der Waals surface area contributed by atoms with E-state index in [1.165, 1.54) is 6.42 Å². The van der Waals surface area contributed by atoms with Gasteiger partial charge in [-0.25, -0.2) is 0 Å².